The molecule has 0 fully saturated rings. The lowest BCUT2D eigenvalue weighted by molar-refractivity contribution is -0.396. The first-order valence-electron chi connectivity index (χ1n) is 10.5. The Hall–Kier alpha value is -3.46. The van der Waals surface area contributed by atoms with E-state index in [-0.39, 0.29) is 36.9 Å². The summed E-state index contributed by atoms with van der Waals surface area (Å²) in [6, 6.07) is 3.91. The minimum absolute atomic E-state index is 0.188. The van der Waals surface area contributed by atoms with E-state index in [9.17, 15) is 9.18 Å². The van der Waals surface area contributed by atoms with Gasteiger partial charge in [-0.05, 0) is 31.0 Å². The van der Waals surface area contributed by atoms with Crippen LogP contribution >= 0.6 is 11.6 Å². The molecule has 1 aliphatic rings. The number of benzene rings is 1. The number of hydrogen-bond acceptors (Lipinski definition) is 5. The van der Waals surface area contributed by atoms with E-state index >= 15 is 0 Å². The smallest absolute Gasteiger partial charge is 0.328 e. The van der Waals surface area contributed by atoms with Crippen LogP contribution in [0.2, 0.25) is 5.02 Å². The van der Waals surface area contributed by atoms with Gasteiger partial charge in [-0.15, -0.1) is 0 Å². The molecule has 0 saturated heterocycles. The number of nitrogens with one attached hydrogen (secondary N) is 1. The van der Waals surface area contributed by atoms with Crippen molar-refractivity contribution in [3.05, 3.63) is 75.7 Å². The third-order valence-corrected chi connectivity index (χ3v) is 6.15. The van der Waals surface area contributed by atoms with Gasteiger partial charge in [-0.2, -0.15) is 0 Å². The number of rotatable bonds is 6. The zero-order valence-corrected chi connectivity index (χ0v) is 19.4. The number of hydrogen-bond donors (Lipinski definition) is 1. The van der Waals surface area contributed by atoms with Gasteiger partial charge >= 0.3 is 5.82 Å². The third kappa shape index (κ3) is 4.68. The first-order valence-corrected chi connectivity index (χ1v) is 10.9. The lowest BCUT2D eigenvalue weighted by Gasteiger charge is -2.19. The Morgan fingerprint density at radius 1 is 1.30 bits per heavy atom. The highest BCUT2D eigenvalue weighted by molar-refractivity contribution is 6.31. The molecule has 3 aromatic rings. The summed E-state index contributed by atoms with van der Waals surface area (Å²) < 4.78 is 21.6. The largest absolute Gasteiger partial charge is 0.491 e. The predicted molar refractivity (Wildman–Crippen MR) is 121 cm³/mol. The van der Waals surface area contributed by atoms with E-state index in [1.807, 2.05) is 31.5 Å². The maximum atomic E-state index is 13.9. The normalized spacial score (nSPS) is 13.7. The van der Waals surface area contributed by atoms with Crippen LogP contribution < -0.4 is 15.5 Å². The van der Waals surface area contributed by atoms with Gasteiger partial charge in [0.1, 0.15) is 34.7 Å². The van der Waals surface area contributed by atoms with Crippen molar-refractivity contribution in [2.24, 2.45) is 5.73 Å². The summed E-state index contributed by atoms with van der Waals surface area (Å²) in [4.78, 5) is 26.7. The summed E-state index contributed by atoms with van der Waals surface area (Å²) in [5.74, 6) is 0.828. The molecule has 0 bridgehead atoms. The second-order valence-corrected chi connectivity index (χ2v) is 8.31. The van der Waals surface area contributed by atoms with E-state index in [2.05, 4.69) is 15.0 Å². The molecule has 8 nitrogen and oxygen atoms in total. The zero-order chi connectivity index (χ0) is 23.7. The minimum atomic E-state index is -0.481. The maximum absolute atomic E-state index is 13.9. The number of halogens is 2. The number of aromatic amines is 1. The standard InChI is InChI=1S/C23H24ClFN6O2/c1-13-21(24)14(2)29-22(28-13)18-11-31(12-19(18)26)23(32)17-5-4-16(25)10-20(17)33-9-8-30-7-6-27-15(30)3/h4-7,10H,8-9,11-12,26H2,1-3H3/p+1. The Balaban J connectivity index is 1.51. The number of amides is 1. The van der Waals surface area contributed by atoms with Crippen LogP contribution in [0.5, 0.6) is 5.75 Å². The Morgan fingerprint density at radius 3 is 2.79 bits per heavy atom. The molecule has 2 aromatic heterocycles. The van der Waals surface area contributed by atoms with Crippen LogP contribution in [0, 0.1) is 26.6 Å². The SMILES string of the molecule is Cc1nc(C2=C(N)CN(C(=O)c3ccc(F)cc3OCCn3ccnc3C)C2)[nH+]c(C)c1Cl. The second kappa shape index (κ2) is 9.19. The maximum Gasteiger partial charge on any atom is 0.328 e. The molecule has 0 atom stereocenters. The number of aryl methyl sites for hydroxylation is 3. The van der Waals surface area contributed by atoms with Crippen LogP contribution in [-0.4, -0.2) is 45.0 Å². The predicted octanol–water partition coefficient (Wildman–Crippen LogP) is 2.71. The first-order chi connectivity index (χ1) is 15.7. The molecule has 10 heteroatoms. The van der Waals surface area contributed by atoms with Crippen molar-refractivity contribution in [2.45, 2.75) is 27.3 Å². The summed E-state index contributed by atoms with van der Waals surface area (Å²) in [6.07, 6.45) is 3.53. The summed E-state index contributed by atoms with van der Waals surface area (Å²) in [5.41, 5.74) is 9.24. The second-order valence-electron chi connectivity index (χ2n) is 7.93. The number of carbonyl (C=O) groups is 1. The van der Waals surface area contributed by atoms with Gasteiger partial charge in [0.15, 0.2) is 5.69 Å². The highest BCUT2D eigenvalue weighted by atomic mass is 35.5. The van der Waals surface area contributed by atoms with Gasteiger partial charge in [-0.3, -0.25) is 4.79 Å². The van der Waals surface area contributed by atoms with Crippen molar-refractivity contribution in [1.82, 2.24) is 19.4 Å². The van der Waals surface area contributed by atoms with E-state index < -0.39 is 5.82 Å². The van der Waals surface area contributed by atoms with E-state index in [1.165, 1.54) is 18.2 Å². The average Bonchev–Trinajstić information content (AvgIpc) is 3.36. The van der Waals surface area contributed by atoms with E-state index in [4.69, 9.17) is 22.1 Å². The third-order valence-electron chi connectivity index (χ3n) is 5.59. The van der Waals surface area contributed by atoms with Crippen LogP contribution in [0.3, 0.4) is 0 Å². The van der Waals surface area contributed by atoms with Gasteiger partial charge in [-0.1, -0.05) is 11.6 Å². The average molecular weight is 472 g/mol. The van der Waals surface area contributed by atoms with Gasteiger partial charge in [-0.25, -0.2) is 14.4 Å². The highest BCUT2D eigenvalue weighted by Crippen LogP contribution is 2.27. The van der Waals surface area contributed by atoms with Crippen LogP contribution in [0.15, 0.2) is 36.3 Å². The number of nitrogens with zero attached hydrogens (tertiary/aromatic N) is 4. The molecule has 172 valence electrons. The highest BCUT2D eigenvalue weighted by Gasteiger charge is 2.32. The molecule has 0 unspecified atom stereocenters. The molecule has 1 aromatic carbocycles. The summed E-state index contributed by atoms with van der Waals surface area (Å²) >= 11 is 6.21. The van der Waals surface area contributed by atoms with E-state index in [0.29, 0.717) is 28.8 Å². The van der Waals surface area contributed by atoms with Gasteiger partial charge in [0.05, 0.1) is 30.8 Å². The van der Waals surface area contributed by atoms with Crippen molar-refractivity contribution in [3.63, 3.8) is 0 Å². The number of ether oxygens (including phenoxy) is 1. The first kappa shape index (κ1) is 22.7. The van der Waals surface area contributed by atoms with Gasteiger partial charge in [0, 0.05) is 31.1 Å². The Kier molecular flexibility index (Phi) is 6.33. The molecule has 0 spiro atoms. The van der Waals surface area contributed by atoms with Crippen molar-refractivity contribution in [2.75, 3.05) is 19.7 Å². The van der Waals surface area contributed by atoms with Crippen LogP contribution in [0.4, 0.5) is 4.39 Å². The van der Waals surface area contributed by atoms with Crippen molar-refractivity contribution in [3.8, 4) is 5.75 Å². The van der Waals surface area contributed by atoms with Crippen molar-refractivity contribution < 1.29 is 18.9 Å². The molecular weight excluding hydrogens is 447 g/mol. The molecule has 4 rings (SSSR count). The molecule has 3 heterocycles. The Labute approximate surface area is 195 Å². The lowest BCUT2D eigenvalue weighted by Crippen LogP contribution is -2.31. The molecule has 0 radical (unpaired) electrons. The van der Waals surface area contributed by atoms with Crippen molar-refractivity contribution >= 4 is 23.1 Å². The number of aromatic nitrogens is 4. The fraction of sp³-hybridized carbons (Fsp3) is 0.304. The molecular formula is C23H25ClFN6O2+. The van der Waals surface area contributed by atoms with Crippen molar-refractivity contribution in [1.29, 1.82) is 0 Å². The fourth-order valence-corrected chi connectivity index (χ4v) is 3.86. The van der Waals surface area contributed by atoms with Crippen LogP contribution in [0.25, 0.3) is 5.57 Å². The van der Waals surface area contributed by atoms with E-state index in [1.54, 1.807) is 11.1 Å². The minimum Gasteiger partial charge on any atom is -0.491 e. The molecule has 33 heavy (non-hydrogen) atoms. The Morgan fingerprint density at radius 2 is 2.09 bits per heavy atom. The van der Waals surface area contributed by atoms with Crippen LogP contribution in [0.1, 0.15) is 33.4 Å². The quantitative estimate of drug-likeness (QED) is 0.595. The molecule has 0 saturated carbocycles. The molecule has 0 aliphatic carbocycles. The summed E-state index contributed by atoms with van der Waals surface area (Å²) in [6.45, 7) is 6.83. The lowest BCUT2D eigenvalue weighted by atomic mass is 10.1. The Bertz CT molecular complexity index is 1230. The number of imidazole rings is 1. The molecule has 1 aliphatic heterocycles. The number of H-pyrrole nitrogens is 1. The van der Waals surface area contributed by atoms with Gasteiger partial charge in [0.25, 0.3) is 5.91 Å². The summed E-state index contributed by atoms with van der Waals surface area (Å²) in [7, 11) is 0. The summed E-state index contributed by atoms with van der Waals surface area (Å²) in [5, 5.41) is 0.558. The molecule has 1 amide bonds. The monoisotopic (exact) mass is 471 g/mol. The van der Waals surface area contributed by atoms with E-state index in [0.717, 1.165) is 17.1 Å². The van der Waals surface area contributed by atoms with Gasteiger partial charge in [0.2, 0.25) is 0 Å². The van der Waals surface area contributed by atoms with Crippen LogP contribution in [-0.2, 0) is 6.54 Å². The van der Waals surface area contributed by atoms with Gasteiger partial charge < -0.3 is 19.9 Å². The molecule has 3 N–H and O–H groups in total. The number of carbonyl (C=O) groups excluding carboxylic acids is 1. The zero-order valence-electron chi connectivity index (χ0n) is 18.7. The number of nitrogens with two attached hydrogens (primary N) is 1. The fourth-order valence-electron chi connectivity index (χ4n) is 3.77. The topological polar surface area (TPSA) is 100 Å².